The average molecular weight is 303 g/mol. The second kappa shape index (κ2) is 9.20. The number of hydrogen-bond donors (Lipinski definition) is 1. The summed E-state index contributed by atoms with van der Waals surface area (Å²) in [5.41, 5.74) is -0.557. The van der Waals surface area contributed by atoms with Crippen molar-refractivity contribution in [1.82, 2.24) is 5.32 Å². The van der Waals surface area contributed by atoms with Crippen molar-refractivity contribution in [1.29, 1.82) is 0 Å². The van der Waals surface area contributed by atoms with Crippen molar-refractivity contribution in [2.45, 2.75) is 46.6 Å². The summed E-state index contributed by atoms with van der Waals surface area (Å²) < 4.78 is 14.9. The third kappa shape index (κ3) is 13.0. The Labute approximate surface area is 125 Å². The van der Waals surface area contributed by atoms with E-state index >= 15 is 0 Å². The lowest BCUT2D eigenvalue weighted by molar-refractivity contribution is -0.146. The Morgan fingerprint density at radius 1 is 1.00 bits per heavy atom. The van der Waals surface area contributed by atoms with Crippen molar-refractivity contribution in [2.24, 2.45) is 5.92 Å². The fraction of sp³-hybridized carbons (Fsp3) is 0.786. The summed E-state index contributed by atoms with van der Waals surface area (Å²) in [6.07, 6.45) is -0.0130. The molecule has 0 rings (SSSR count). The van der Waals surface area contributed by atoms with Crippen molar-refractivity contribution in [3.63, 3.8) is 0 Å². The van der Waals surface area contributed by atoms with Crippen LogP contribution in [0.1, 0.15) is 41.0 Å². The molecule has 0 aliphatic heterocycles. The third-order valence-corrected chi connectivity index (χ3v) is 2.27. The molecule has 0 aromatic rings. The minimum Gasteiger partial charge on any atom is -0.465 e. The summed E-state index contributed by atoms with van der Waals surface area (Å²) in [6.45, 7) is 8.55. The maximum absolute atomic E-state index is 11.5. The van der Waals surface area contributed by atoms with Crippen molar-refractivity contribution in [3.8, 4) is 0 Å². The minimum atomic E-state index is -0.557. The van der Waals surface area contributed by atoms with Crippen molar-refractivity contribution in [3.05, 3.63) is 0 Å². The normalized spacial score (nSPS) is 11.0. The van der Waals surface area contributed by atoms with Crippen LogP contribution in [0.4, 0.5) is 4.79 Å². The highest BCUT2D eigenvalue weighted by Crippen LogP contribution is 2.08. The molecule has 0 saturated carbocycles. The first-order chi connectivity index (χ1) is 9.60. The first kappa shape index (κ1) is 19.2. The van der Waals surface area contributed by atoms with E-state index in [-0.39, 0.29) is 19.1 Å². The van der Waals surface area contributed by atoms with Crippen molar-refractivity contribution in [2.75, 3.05) is 19.8 Å². The summed E-state index contributed by atoms with van der Waals surface area (Å²) >= 11 is 0. The molecule has 0 aliphatic rings. The molecule has 0 aromatic heterocycles. The molecule has 7 heteroatoms. The number of alkyl carbamates (subject to hydrolysis) is 1. The van der Waals surface area contributed by atoms with Gasteiger partial charge in [0.1, 0.15) is 5.60 Å². The number of esters is 2. The second-order valence-corrected chi connectivity index (χ2v) is 5.69. The lowest BCUT2D eigenvalue weighted by atomic mass is 10.1. The molecule has 122 valence electrons. The largest absolute Gasteiger partial charge is 0.465 e. The van der Waals surface area contributed by atoms with Gasteiger partial charge < -0.3 is 19.5 Å². The summed E-state index contributed by atoms with van der Waals surface area (Å²) in [5, 5.41) is 2.60. The van der Waals surface area contributed by atoms with Gasteiger partial charge >= 0.3 is 18.0 Å². The molecule has 1 amide bonds. The molecule has 0 bridgehead atoms. The highest BCUT2D eigenvalue weighted by Gasteiger charge is 2.17. The van der Waals surface area contributed by atoms with Gasteiger partial charge in [-0.25, -0.2) is 4.79 Å². The van der Waals surface area contributed by atoms with Crippen LogP contribution in [0.5, 0.6) is 0 Å². The van der Waals surface area contributed by atoms with E-state index in [0.29, 0.717) is 13.0 Å². The van der Waals surface area contributed by atoms with E-state index < -0.39 is 23.6 Å². The smallest absolute Gasteiger partial charge is 0.407 e. The monoisotopic (exact) mass is 303 g/mol. The molecule has 0 aromatic carbocycles. The van der Waals surface area contributed by atoms with Gasteiger partial charge in [-0.3, -0.25) is 9.59 Å². The molecule has 21 heavy (non-hydrogen) atoms. The molecule has 0 fully saturated rings. The van der Waals surface area contributed by atoms with Crippen molar-refractivity contribution >= 4 is 18.0 Å². The van der Waals surface area contributed by atoms with Gasteiger partial charge in [0.25, 0.3) is 0 Å². The van der Waals surface area contributed by atoms with Crippen LogP contribution in [0, 0.1) is 5.92 Å². The van der Waals surface area contributed by atoms with Crippen LogP contribution in [-0.4, -0.2) is 43.4 Å². The second-order valence-electron chi connectivity index (χ2n) is 5.69. The Kier molecular flexibility index (Phi) is 8.42. The van der Waals surface area contributed by atoms with E-state index in [0.717, 1.165) is 0 Å². The first-order valence-corrected chi connectivity index (χ1v) is 6.83. The predicted molar refractivity (Wildman–Crippen MR) is 75.6 cm³/mol. The number of carbonyl (C=O) groups is 3. The van der Waals surface area contributed by atoms with Gasteiger partial charge in [0.15, 0.2) is 0 Å². The van der Waals surface area contributed by atoms with E-state index in [1.807, 2.05) is 0 Å². The number of carbonyl (C=O) groups excluding carboxylic acids is 3. The zero-order chi connectivity index (χ0) is 16.5. The molecular weight excluding hydrogens is 278 g/mol. The molecule has 0 atom stereocenters. The zero-order valence-corrected chi connectivity index (χ0v) is 13.4. The van der Waals surface area contributed by atoms with Gasteiger partial charge in [-0.15, -0.1) is 0 Å². The Hall–Kier alpha value is -1.79. The first-order valence-electron chi connectivity index (χ1n) is 6.83. The van der Waals surface area contributed by atoms with Gasteiger partial charge in [-0.1, -0.05) is 0 Å². The maximum Gasteiger partial charge on any atom is 0.407 e. The lowest BCUT2D eigenvalue weighted by Crippen LogP contribution is -2.34. The van der Waals surface area contributed by atoms with Crippen LogP contribution in [0.15, 0.2) is 0 Å². The van der Waals surface area contributed by atoms with E-state index in [9.17, 15) is 14.4 Å². The molecule has 7 nitrogen and oxygen atoms in total. The van der Waals surface area contributed by atoms with Gasteiger partial charge in [0, 0.05) is 26.3 Å². The van der Waals surface area contributed by atoms with E-state index in [2.05, 4.69) is 5.32 Å². The fourth-order valence-corrected chi connectivity index (χ4v) is 1.38. The molecular formula is C14H25NO6. The number of ether oxygens (including phenoxy) is 3. The van der Waals surface area contributed by atoms with E-state index in [1.54, 1.807) is 20.8 Å². The zero-order valence-electron chi connectivity index (χ0n) is 13.4. The molecule has 0 heterocycles. The summed E-state index contributed by atoms with van der Waals surface area (Å²) in [5.74, 6) is -0.974. The summed E-state index contributed by atoms with van der Waals surface area (Å²) in [4.78, 5) is 33.1. The summed E-state index contributed by atoms with van der Waals surface area (Å²) in [6, 6.07) is 0. The van der Waals surface area contributed by atoms with Crippen LogP contribution in [-0.2, 0) is 23.8 Å². The number of hydrogen-bond acceptors (Lipinski definition) is 6. The quantitative estimate of drug-likeness (QED) is 0.568. The molecule has 0 radical (unpaired) electrons. The molecule has 0 saturated heterocycles. The number of rotatable bonds is 7. The highest BCUT2D eigenvalue weighted by molar-refractivity contribution is 5.67. The SMILES string of the molecule is CC(=O)OCC(CCNC(=O)OC(C)(C)C)COC(C)=O. The lowest BCUT2D eigenvalue weighted by Gasteiger charge is -2.20. The van der Waals surface area contributed by atoms with Gasteiger partial charge in [-0.2, -0.15) is 0 Å². The van der Waals surface area contributed by atoms with Crippen LogP contribution in [0.2, 0.25) is 0 Å². The van der Waals surface area contributed by atoms with Gasteiger partial charge in [0.05, 0.1) is 13.2 Å². The van der Waals surface area contributed by atoms with E-state index in [4.69, 9.17) is 14.2 Å². The van der Waals surface area contributed by atoms with Crippen LogP contribution >= 0.6 is 0 Å². The Morgan fingerprint density at radius 3 is 1.86 bits per heavy atom. The molecule has 0 spiro atoms. The standard InChI is InChI=1S/C14H25NO6/c1-10(16)19-8-12(9-20-11(2)17)6-7-15-13(18)21-14(3,4)5/h12H,6-9H2,1-5H3,(H,15,18). The average Bonchev–Trinajstić information content (AvgIpc) is 2.29. The van der Waals surface area contributed by atoms with Crippen LogP contribution in [0.3, 0.4) is 0 Å². The Bertz CT molecular complexity index is 343. The number of amides is 1. The maximum atomic E-state index is 11.5. The Balaban J connectivity index is 4.12. The molecule has 0 unspecified atom stereocenters. The highest BCUT2D eigenvalue weighted by atomic mass is 16.6. The van der Waals surface area contributed by atoms with Gasteiger partial charge in [-0.05, 0) is 27.2 Å². The predicted octanol–water partition coefficient (Wildman–Crippen LogP) is 1.64. The van der Waals surface area contributed by atoms with Crippen molar-refractivity contribution < 1.29 is 28.6 Å². The molecule has 0 aliphatic carbocycles. The van der Waals surface area contributed by atoms with E-state index in [1.165, 1.54) is 13.8 Å². The summed E-state index contributed by atoms with van der Waals surface area (Å²) in [7, 11) is 0. The third-order valence-electron chi connectivity index (χ3n) is 2.27. The minimum absolute atomic E-state index is 0.138. The van der Waals surface area contributed by atoms with Gasteiger partial charge in [0.2, 0.25) is 0 Å². The Morgan fingerprint density at radius 2 is 1.48 bits per heavy atom. The molecule has 1 N–H and O–H groups in total. The topological polar surface area (TPSA) is 90.9 Å². The number of nitrogens with one attached hydrogen (secondary N) is 1. The fourth-order valence-electron chi connectivity index (χ4n) is 1.38. The van der Waals surface area contributed by atoms with Crippen LogP contribution in [0.25, 0.3) is 0 Å². The van der Waals surface area contributed by atoms with Crippen LogP contribution < -0.4 is 5.32 Å².